The summed E-state index contributed by atoms with van der Waals surface area (Å²) in [6, 6.07) is 2.98. The van der Waals surface area contributed by atoms with Crippen LogP contribution in [-0.4, -0.2) is 50.8 Å². The van der Waals surface area contributed by atoms with E-state index < -0.39 is 11.8 Å². The van der Waals surface area contributed by atoms with Crippen LogP contribution in [0.5, 0.6) is 0 Å². The first-order valence-corrected chi connectivity index (χ1v) is 9.18. The average molecular weight is 390 g/mol. The summed E-state index contributed by atoms with van der Waals surface area (Å²) in [6.45, 7) is 8.27. The van der Waals surface area contributed by atoms with Crippen molar-refractivity contribution in [2.75, 3.05) is 18.5 Å². The minimum Gasteiger partial charge on any atom is -0.379 e. The highest BCUT2D eigenvalue weighted by atomic mass is 16.5. The topological polar surface area (TPSA) is 131 Å². The second kappa shape index (κ2) is 9.79. The fourth-order valence-corrected chi connectivity index (χ4v) is 2.37. The maximum atomic E-state index is 12.2. The number of carbonyl (C=O) groups is 2. The third kappa shape index (κ3) is 6.02. The fourth-order valence-electron chi connectivity index (χ4n) is 2.37. The van der Waals surface area contributed by atoms with E-state index in [0.29, 0.717) is 37.4 Å². The van der Waals surface area contributed by atoms with E-state index in [4.69, 9.17) is 4.74 Å². The number of aromatic nitrogens is 4. The molecule has 0 atom stereocenters. The zero-order valence-electron chi connectivity index (χ0n) is 16.5. The van der Waals surface area contributed by atoms with Crippen LogP contribution in [0.3, 0.4) is 0 Å². The zero-order valence-corrected chi connectivity index (χ0v) is 16.5. The first-order valence-electron chi connectivity index (χ1n) is 9.18. The van der Waals surface area contributed by atoms with Gasteiger partial charge >= 0.3 is 11.8 Å². The van der Waals surface area contributed by atoms with E-state index in [1.807, 2.05) is 20.8 Å². The van der Waals surface area contributed by atoms with E-state index in [-0.39, 0.29) is 23.4 Å². The number of H-pyrrole nitrogens is 1. The normalized spacial score (nSPS) is 10.9. The van der Waals surface area contributed by atoms with Crippen molar-refractivity contribution in [3.8, 4) is 5.95 Å². The molecule has 2 rings (SSSR count). The summed E-state index contributed by atoms with van der Waals surface area (Å²) in [5, 5.41) is 9.27. The molecular weight excluding hydrogens is 364 g/mol. The van der Waals surface area contributed by atoms with E-state index in [1.54, 1.807) is 13.0 Å². The molecule has 2 heterocycles. The lowest BCUT2D eigenvalue weighted by Crippen LogP contribution is -2.36. The number of anilines is 1. The molecule has 2 amide bonds. The summed E-state index contributed by atoms with van der Waals surface area (Å²) in [7, 11) is 0. The van der Waals surface area contributed by atoms with E-state index >= 15 is 0 Å². The summed E-state index contributed by atoms with van der Waals surface area (Å²) < 4.78 is 6.67. The van der Waals surface area contributed by atoms with Gasteiger partial charge in [0.15, 0.2) is 0 Å². The number of aryl methyl sites for hydroxylation is 2. The predicted molar refractivity (Wildman–Crippen MR) is 103 cm³/mol. The highest BCUT2D eigenvalue weighted by molar-refractivity contribution is 6.39. The Balaban J connectivity index is 2.05. The number of rotatable bonds is 8. The molecule has 0 saturated heterocycles. The molecule has 10 heteroatoms. The molecule has 0 unspecified atom stereocenters. The third-order valence-electron chi connectivity index (χ3n) is 3.68. The number of nitrogens with one attached hydrogen (secondary N) is 3. The number of carbonyl (C=O) groups excluding carboxylic acids is 2. The van der Waals surface area contributed by atoms with Crippen LogP contribution in [0.4, 0.5) is 5.82 Å². The molecule has 0 saturated carbocycles. The van der Waals surface area contributed by atoms with Gasteiger partial charge in [-0.3, -0.25) is 19.4 Å². The fraction of sp³-hybridized carbons (Fsp3) is 0.500. The van der Waals surface area contributed by atoms with Crippen LogP contribution < -0.4 is 16.2 Å². The van der Waals surface area contributed by atoms with Crippen LogP contribution in [0.25, 0.3) is 5.95 Å². The van der Waals surface area contributed by atoms with Crippen LogP contribution >= 0.6 is 0 Å². The van der Waals surface area contributed by atoms with Crippen molar-refractivity contribution in [2.45, 2.75) is 46.6 Å². The molecule has 0 bridgehead atoms. The van der Waals surface area contributed by atoms with Gasteiger partial charge < -0.3 is 15.4 Å². The molecular formula is C18H26N6O4. The van der Waals surface area contributed by atoms with Crippen molar-refractivity contribution in [3.05, 3.63) is 33.9 Å². The zero-order chi connectivity index (χ0) is 20.7. The molecule has 0 aromatic carbocycles. The lowest BCUT2D eigenvalue weighted by molar-refractivity contribution is -0.136. The third-order valence-corrected chi connectivity index (χ3v) is 3.68. The quantitative estimate of drug-likeness (QED) is 0.449. The van der Waals surface area contributed by atoms with Crippen LogP contribution in [0, 0.1) is 6.92 Å². The monoisotopic (exact) mass is 390 g/mol. The van der Waals surface area contributed by atoms with E-state index in [1.165, 1.54) is 10.7 Å². The standard InChI is InChI=1S/C18H26N6O4/c1-5-13-10-15(25)22-18(20-13)24-14(9-12(4)23-24)21-17(27)16(26)19-7-6-8-28-11(2)3/h9-11H,5-8H2,1-4H3,(H,19,26)(H,21,27)(H,20,22,25). The van der Waals surface area contributed by atoms with Crippen molar-refractivity contribution in [3.63, 3.8) is 0 Å². The Morgan fingerprint density at radius 3 is 2.71 bits per heavy atom. The molecule has 0 aliphatic carbocycles. The average Bonchev–Trinajstić information content (AvgIpc) is 3.00. The Labute approximate surface area is 162 Å². The van der Waals surface area contributed by atoms with E-state index in [0.717, 1.165) is 0 Å². The Kier molecular flexibility index (Phi) is 7.44. The highest BCUT2D eigenvalue weighted by Crippen LogP contribution is 2.14. The maximum absolute atomic E-state index is 12.2. The van der Waals surface area contributed by atoms with Crippen LogP contribution in [0.1, 0.15) is 38.6 Å². The van der Waals surface area contributed by atoms with Gasteiger partial charge in [0.05, 0.1) is 11.8 Å². The smallest absolute Gasteiger partial charge is 0.314 e. The van der Waals surface area contributed by atoms with Gasteiger partial charge in [0.1, 0.15) is 5.82 Å². The van der Waals surface area contributed by atoms with E-state index in [9.17, 15) is 14.4 Å². The molecule has 152 valence electrons. The van der Waals surface area contributed by atoms with Crippen molar-refractivity contribution >= 4 is 17.6 Å². The molecule has 0 spiro atoms. The number of amides is 2. The molecule has 0 fully saturated rings. The lowest BCUT2D eigenvalue weighted by atomic mass is 10.3. The molecule has 0 aliphatic rings. The summed E-state index contributed by atoms with van der Waals surface area (Å²) in [5.41, 5.74) is 0.852. The van der Waals surface area contributed by atoms with Crippen LogP contribution in [0.15, 0.2) is 16.9 Å². The lowest BCUT2D eigenvalue weighted by Gasteiger charge is -2.10. The molecule has 10 nitrogen and oxygen atoms in total. The first kappa shape index (κ1) is 21.3. The first-order chi connectivity index (χ1) is 13.3. The summed E-state index contributed by atoms with van der Waals surface area (Å²) in [6.07, 6.45) is 1.29. The van der Waals surface area contributed by atoms with Gasteiger partial charge in [-0.2, -0.15) is 9.78 Å². The van der Waals surface area contributed by atoms with Crippen LogP contribution in [-0.2, 0) is 20.7 Å². The Bertz CT molecular complexity index is 886. The minimum atomic E-state index is -0.833. The van der Waals surface area contributed by atoms with Crippen molar-refractivity contribution in [1.29, 1.82) is 0 Å². The summed E-state index contributed by atoms with van der Waals surface area (Å²) >= 11 is 0. The number of ether oxygens (including phenoxy) is 1. The van der Waals surface area contributed by atoms with Gasteiger partial charge in [-0.1, -0.05) is 6.92 Å². The van der Waals surface area contributed by atoms with Crippen molar-refractivity contribution in [2.24, 2.45) is 0 Å². The largest absolute Gasteiger partial charge is 0.379 e. The molecule has 2 aromatic rings. The van der Waals surface area contributed by atoms with Gasteiger partial charge in [0.25, 0.3) is 5.56 Å². The van der Waals surface area contributed by atoms with Crippen molar-refractivity contribution in [1.82, 2.24) is 25.1 Å². The van der Waals surface area contributed by atoms with Gasteiger partial charge in [-0.05, 0) is 33.6 Å². The summed E-state index contributed by atoms with van der Waals surface area (Å²) in [5.74, 6) is -1.20. The van der Waals surface area contributed by atoms with Gasteiger partial charge in [0.2, 0.25) is 5.95 Å². The molecule has 0 aliphatic heterocycles. The number of hydrogen-bond donors (Lipinski definition) is 3. The number of nitrogens with zero attached hydrogens (tertiary/aromatic N) is 3. The van der Waals surface area contributed by atoms with E-state index in [2.05, 4.69) is 25.7 Å². The SMILES string of the molecule is CCc1cc(=O)[nH]c(-n2nc(C)cc2NC(=O)C(=O)NCCCOC(C)C)n1. The van der Waals surface area contributed by atoms with Crippen LogP contribution in [0.2, 0.25) is 0 Å². The minimum absolute atomic E-state index is 0.119. The maximum Gasteiger partial charge on any atom is 0.314 e. The van der Waals surface area contributed by atoms with Gasteiger partial charge in [-0.15, -0.1) is 0 Å². The highest BCUT2D eigenvalue weighted by Gasteiger charge is 2.18. The summed E-state index contributed by atoms with van der Waals surface area (Å²) in [4.78, 5) is 42.9. The van der Waals surface area contributed by atoms with Crippen molar-refractivity contribution < 1.29 is 14.3 Å². The Morgan fingerprint density at radius 2 is 2.04 bits per heavy atom. The molecule has 3 N–H and O–H groups in total. The predicted octanol–water partition coefficient (Wildman–Crippen LogP) is 0.696. The second-order valence-corrected chi connectivity index (χ2v) is 6.48. The van der Waals surface area contributed by atoms with Gasteiger partial charge in [0, 0.05) is 31.0 Å². The Morgan fingerprint density at radius 1 is 1.29 bits per heavy atom. The molecule has 28 heavy (non-hydrogen) atoms. The second-order valence-electron chi connectivity index (χ2n) is 6.48. The molecule has 0 radical (unpaired) electrons. The number of hydrogen-bond acceptors (Lipinski definition) is 6. The van der Waals surface area contributed by atoms with Gasteiger partial charge in [-0.25, -0.2) is 4.98 Å². The number of aromatic amines is 1. The molecule has 2 aromatic heterocycles. The Hall–Kier alpha value is -3.01.